The molecule has 0 amide bonds. The minimum atomic E-state index is -0.279. The maximum atomic E-state index is 12.0. The van der Waals surface area contributed by atoms with Crippen LogP contribution in [0.2, 0.25) is 0 Å². The van der Waals surface area contributed by atoms with E-state index in [0.29, 0.717) is 17.7 Å². The molecule has 0 bridgehead atoms. The largest absolute Gasteiger partial charge is 0.490 e. The Morgan fingerprint density at radius 2 is 1.93 bits per heavy atom. The molecule has 0 saturated carbocycles. The van der Waals surface area contributed by atoms with Gasteiger partial charge in [0, 0.05) is 23.9 Å². The van der Waals surface area contributed by atoms with Crippen molar-refractivity contribution < 1.29 is 14.3 Å². The van der Waals surface area contributed by atoms with E-state index in [4.69, 9.17) is 14.7 Å². The van der Waals surface area contributed by atoms with Crippen molar-refractivity contribution in [3.8, 4) is 11.8 Å². The van der Waals surface area contributed by atoms with Crippen LogP contribution in [0, 0.1) is 32.1 Å². The number of hydrogen-bond acceptors (Lipinski definition) is 6. The van der Waals surface area contributed by atoms with E-state index in [9.17, 15) is 4.79 Å². The van der Waals surface area contributed by atoms with Gasteiger partial charge in [-0.1, -0.05) is 0 Å². The fraction of sp³-hybridized carbons (Fsp3) is 0.333. The van der Waals surface area contributed by atoms with Gasteiger partial charge in [0.2, 0.25) is 0 Å². The van der Waals surface area contributed by atoms with Gasteiger partial charge < -0.3 is 9.47 Å². The Kier molecular flexibility index (Phi) is 5.90. The topological polar surface area (TPSA) is 89.5 Å². The van der Waals surface area contributed by atoms with Crippen molar-refractivity contribution in [2.75, 3.05) is 13.2 Å². The Morgan fingerprint density at radius 3 is 2.64 bits per heavy atom. The molecule has 0 atom stereocenters. The van der Waals surface area contributed by atoms with E-state index < -0.39 is 0 Å². The molecule has 3 aromatic rings. The number of carbonyl (C=O) groups is 1. The highest BCUT2D eigenvalue weighted by Crippen LogP contribution is 2.17. The SMILES string of the molecule is Cc1cc2nc(C)c(CCC(=O)OCCOc3ccc(C#N)cc3)c(C)n2n1. The molecule has 0 aliphatic rings. The smallest absolute Gasteiger partial charge is 0.306 e. The highest BCUT2D eigenvalue weighted by molar-refractivity contribution is 5.69. The molecule has 0 unspecified atom stereocenters. The van der Waals surface area contributed by atoms with E-state index in [1.807, 2.05) is 37.4 Å². The molecule has 0 radical (unpaired) electrons. The number of rotatable bonds is 7. The van der Waals surface area contributed by atoms with E-state index in [0.717, 1.165) is 28.3 Å². The molecule has 144 valence electrons. The Labute approximate surface area is 163 Å². The van der Waals surface area contributed by atoms with Crippen LogP contribution < -0.4 is 4.74 Å². The van der Waals surface area contributed by atoms with Gasteiger partial charge in [-0.15, -0.1) is 0 Å². The minimum absolute atomic E-state index is 0.173. The summed E-state index contributed by atoms with van der Waals surface area (Å²) >= 11 is 0. The van der Waals surface area contributed by atoms with E-state index in [1.165, 1.54) is 0 Å². The molecule has 7 heteroatoms. The second-order valence-corrected chi connectivity index (χ2v) is 6.52. The molecule has 3 rings (SSSR count). The predicted octanol–water partition coefficient (Wildman–Crippen LogP) is 3.08. The first-order valence-corrected chi connectivity index (χ1v) is 9.09. The highest BCUT2D eigenvalue weighted by atomic mass is 16.6. The first kappa shape index (κ1) is 19.4. The molecule has 0 aliphatic heterocycles. The van der Waals surface area contributed by atoms with E-state index in [-0.39, 0.29) is 25.6 Å². The first-order chi connectivity index (χ1) is 13.5. The molecule has 0 spiro atoms. The summed E-state index contributed by atoms with van der Waals surface area (Å²) in [6, 6.07) is 10.8. The van der Waals surface area contributed by atoms with E-state index in [2.05, 4.69) is 10.1 Å². The monoisotopic (exact) mass is 378 g/mol. The van der Waals surface area contributed by atoms with Gasteiger partial charge in [-0.3, -0.25) is 4.79 Å². The number of ether oxygens (including phenoxy) is 2. The fourth-order valence-corrected chi connectivity index (χ4v) is 3.04. The lowest BCUT2D eigenvalue weighted by Crippen LogP contribution is -2.14. The van der Waals surface area contributed by atoms with Gasteiger partial charge >= 0.3 is 5.97 Å². The number of aromatic nitrogens is 3. The summed E-state index contributed by atoms with van der Waals surface area (Å²) < 4.78 is 12.6. The van der Waals surface area contributed by atoms with Gasteiger partial charge in [-0.25, -0.2) is 9.50 Å². The van der Waals surface area contributed by atoms with Crippen molar-refractivity contribution in [1.29, 1.82) is 5.26 Å². The lowest BCUT2D eigenvalue weighted by atomic mass is 10.1. The summed E-state index contributed by atoms with van der Waals surface area (Å²) in [6.07, 6.45) is 0.820. The molecule has 0 aliphatic carbocycles. The molecule has 0 N–H and O–H groups in total. The van der Waals surface area contributed by atoms with Crippen molar-refractivity contribution in [2.24, 2.45) is 0 Å². The summed E-state index contributed by atoms with van der Waals surface area (Å²) in [5, 5.41) is 13.2. The molecule has 7 nitrogen and oxygen atoms in total. The molecule has 0 saturated heterocycles. The predicted molar refractivity (Wildman–Crippen MR) is 103 cm³/mol. The fourth-order valence-electron chi connectivity index (χ4n) is 3.04. The van der Waals surface area contributed by atoms with Gasteiger partial charge in [0.1, 0.15) is 19.0 Å². The number of esters is 1. The van der Waals surface area contributed by atoms with Gasteiger partial charge in [0.05, 0.1) is 17.3 Å². The molecule has 2 aromatic heterocycles. The van der Waals surface area contributed by atoms with Crippen LogP contribution in [0.5, 0.6) is 5.75 Å². The molecular weight excluding hydrogens is 356 g/mol. The maximum Gasteiger partial charge on any atom is 0.306 e. The average molecular weight is 378 g/mol. The van der Waals surface area contributed by atoms with Crippen molar-refractivity contribution >= 4 is 11.6 Å². The third-order valence-electron chi connectivity index (χ3n) is 4.46. The second-order valence-electron chi connectivity index (χ2n) is 6.52. The molecular formula is C21H22N4O3. The van der Waals surface area contributed by atoms with Crippen LogP contribution in [-0.2, 0) is 16.0 Å². The Morgan fingerprint density at radius 1 is 1.18 bits per heavy atom. The zero-order valence-electron chi connectivity index (χ0n) is 16.2. The summed E-state index contributed by atoms with van der Waals surface area (Å²) in [5.74, 6) is 0.356. The van der Waals surface area contributed by atoms with Crippen LogP contribution in [0.4, 0.5) is 0 Å². The number of carbonyl (C=O) groups excluding carboxylic acids is 1. The zero-order valence-corrected chi connectivity index (χ0v) is 16.2. The van der Waals surface area contributed by atoms with Gasteiger partial charge in [0.15, 0.2) is 5.65 Å². The standard InChI is InChI=1S/C21H22N4O3/c1-14-12-20-23-15(2)19(16(3)25(20)24-14)8-9-21(26)28-11-10-27-18-6-4-17(13-22)5-7-18/h4-7,12H,8-11H2,1-3H3. The Balaban J connectivity index is 1.48. The summed E-state index contributed by atoms with van der Waals surface area (Å²) in [4.78, 5) is 16.6. The quantitative estimate of drug-likeness (QED) is 0.464. The Bertz CT molecular complexity index is 1030. The third-order valence-corrected chi connectivity index (χ3v) is 4.46. The summed E-state index contributed by atoms with van der Waals surface area (Å²) in [7, 11) is 0. The lowest BCUT2D eigenvalue weighted by molar-refractivity contribution is -0.144. The normalized spacial score (nSPS) is 10.6. The van der Waals surface area contributed by atoms with Crippen molar-refractivity contribution in [3.05, 3.63) is 58.5 Å². The second kappa shape index (κ2) is 8.53. The Hall–Kier alpha value is -3.40. The van der Waals surface area contributed by atoms with Gasteiger partial charge in [0.25, 0.3) is 0 Å². The van der Waals surface area contributed by atoms with Crippen molar-refractivity contribution in [1.82, 2.24) is 14.6 Å². The molecule has 2 heterocycles. The molecule has 0 fully saturated rings. The summed E-state index contributed by atoms with van der Waals surface area (Å²) in [5.41, 5.74) is 5.21. The number of benzene rings is 1. The third kappa shape index (κ3) is 4.46. The number of nitrogens with zero attached hydrogens (tertiary/aromatic N) is 4. The number of nitriles is 1. The van der Waals surface area contributed by atoms with Gasteiger partial charge in [-0.05, 0) is 57.0 Å². The van der Waals surface area contributed by atoms with Crippen LogP contribution in [0.25, 0.3) is 5.65 Å². The lowest BCUT2D eigenvalue weighted by Gasteiger charge is -2.11. The zero-order chi connectivity index (χ0) is 20.1. The number of aryl methyl sites for hydroxylation is 3. The van der Waals surface area contributed by atoms with Crippen LogP contribution in [0.1, 0.15) is 34.6 Å². The van der Waals surface area contributed by atoms with Crippen molar-refractivity contribution in [3.63, 3.8) is 0 Å². The first-order valence-electron chi connectivity index (χ1n) is 9.09. The summed E-state index contributed by atoms with van der Waals surface area (Å²) in [6.45, 7) is 6.30. The number of hydrogen-bond donors (Lipinski definition) is 0. The van der Waals surface area contributed by atoms with Crippen LogP contribution in [-0.4, -0.2) is 33.8 Å². The number of fused-ring (bicyclic) bond motifs is 1. The van der Waals surface area contributed by atoms with Crippen LogP contribution >= 0.6 is 0 Å². The minimum Gasteiger partial charge on any atom is -0.490 e. The average Bonchev–Trinajstić information content (AvgIpc) is 3.06. The maximum absolute atomic E-state index is 12.0. The van der Waals surface area contributed by atoms with E-state index >= 15 is 0 Å². The molecule has 1 aromatic carbocycles. The van der Waals surface area contributed by atoms with Crippen molar-refractivity contribution in [2.45, 2.75) is 33.6 Å². The van der Waals surface area contributed by atoms with Crippen LogP contribution in [0.15, 0.2) is 30.3 Å². The van der Waals surface area contributed by atoms with Crippen LogP contribution in [0.3, 0.4) is 0 Å². The molecule has 28 heavy (non-hydrogen) atoms. The van der Waals surface area contributed by atoms with Gasteiger partial charge in [-0.2, -0.15) is 10.4 Å². The highest BCUT2D eigenvalue weighted by Gasteiger charge is 2.13. The van der Waals surface area contributed by atoms with E-state index in [1.54, 1.807) is 24.3 Å².